The lowest BCUT2D eigenvalue weighted by Gasteiger charge is -2.34. The van der Waals surface area contributed by atoms with Crippen molar-refractivity contribution in [3.05, 3.63) is 0 Å². The molecule has 0 aliphatic heterocycles. The summed E-state index contributed by atoms with van der Waals surface area (Å²) in [5, 5.41) is 14.3. The van der Waals surface area contributed by atoms with E-state index < -0.39 is 5.92 Å². The van der Waals surface area contributed by atoms with Crippen molar-refractivity contribution >= 4 is 11.7 Å². The van der Waals surface area contributed by atoms with E-state index in [1.165, 1.54) is 0 Å². The van der Waals surface area contributed by atoms with Gasteiger partial charge in [-0.25, -0.2) is 0 Å². The van der Waals surface area contributed by atoms with E-state index >= 15 is 0 Å². The monoisotopic (exact) mass is 241 g/mol. The van der Waals surface area contributed by atoms with E-state index in [-0.39, 0.29) is 17.8 Å². The lowest BCUT2D eigenvalue weighted by molar-refractivity contribution is -0.123. The van der Waals surface area contributed by atoms with Gasteiger partial charge in [0.2, 0.25) is 5.91 Å². The molecule has 17 heavy (non-hydrogen) atoms. The third-order valence-electron chi connectivity index (χ3n) is 3.64. The van der Waals surface area contributed by atoms with Gasteiger partial charge in [-0.2, -0.15) is 0 Å². The van der Waals surface area contributed by atoms with Crippen LogP contribution in [0.1, 0.15) is 46.5 Å². The second kappa shape index (κ2) is 5.38. The van der Waals surface area contributed by atoms with E-state index in [4.69, 9.17) is 10.9 Å². The average Bonchev–Trinajstić information content (AvgIpc) is 2.29. The summed E-state index contributed by atoms with van der Waals surface area (Å²) in [6.07, 6.45) is 4.25. The number of amidine groups is 1. The van der Waals surface area contributed by atoms with Crippen LogP contribution in [0.15, 0.2) is 5.16 Å². The van der Waals surface area contributed by atoms with Crippen LogP contribution in [0.5, 0.6) is 0 Å². The van der Waals surface area contributed by atoms with Crippen LogP contribution in [-0.2, 0) is 4.79 Å². The molecule has 4 N–H and O–H groups in total. The SMILES string of the molecule is CC(C(=O)NC1CCC(C)(C)CC1)C(N)=NO. The molecule has 1 unspecified atom stereocenters. The third-order valence-corrected chi connectivity index (χ3v) is 3.64. The molecule has 5 nitrogen and oxygen atoms in total. The largest absolute Gasteiger partial charge is 0.409 e. The maximum atomic E-state index is 11.8. The van der Waals surface area contributed by atoms with E-state index in [1.54, 1.807) is 6.92 Å². The molecular weight excluding hydrogens is 218 g/mol. The van der Waals surface area contributed by atoms with Crippen LogP contribution in [0.2, 0.25) is 0 Å². The minimum atomic E-state index is -0.574. The minimum Gasteiger partial charge on any atom is -0.409 e. The summed E-state index contributed by atoms with van der Waals surface area (Å²) < 4.78 is 0. The van der Waals surface area contributed by atoms with E-state index in [2.05, 4.69) is 24.3 Å². The molecule has 0 aromatic carbocycles. The molecule has 1 saturated carbocycles. The second-order valence-corrected chi connectivity index (χ2v) is 5.69. The van der Waals surface area contributed by atoms with E-state index in [0.29, 0.717) is 5.41 Å². The van der Waals surface area contributed by atoms with Gasteiger partial charge in [-0.15, -0.1) is 0 Å². The lowest BCUT2D eigenvalue weighted by Crippen LogP contribution is -2.44. The number of carbonyl (C=O) groups is 1. The fraction of sp³-hybridized carbons (Fsp3) is 0.833. The molecule has 1 fully saturated rings. The first kappa shape index (κ1) is 13.8. The molecular formula is C12H23N3O2. The molecule has 0 radical (unpaired) electrons. The summed E-state index contributed by atoms with van der Waals surface area (Å²) in [6.45, 7) is 6.14. The Hall–Kier alpha value is -1.26. The molecule has 0 heterocycles. The first-order valence-electron chi connectivity index (χ1n) is 6.13. The smallest absolute Gasteiger partial charge is 0.230 e. The molecule has 1 atom stereocenters. The van der Waals surface area contributed by atoms with Gasteiger partial charge < -0.3 is 16.3 Å². The van der Waals surface area contributed by atoms with Gasteiger partial charge in [0.15, 0.2) is 5.84 Å². The zero-order chi connectivity index (χ0) is 13.1. The number of nitrogens with two attached hydrogens (primary N) is 1. The number of amides is 1. The van der Waals surface area contributed by atoms with Gasteiger partial charge in [-0.05, 0) is 38.0 Å². The van der Waals surface area contributed by atoms with Crippen LogP contribution in [0.3, 0.4) is 0 Å². The summed E-state index contributed by atoms with van der Waals surface area (Å²) in [5.74, 6) is -0.779. The van der Waals surface area contributed by atoms with Gasteiger partial charge in [0.1, 0.15) is 0 Å². The van der Waals surface area contributed by atoms with Gasteiger partial charge >= 0.3 is 0 Å². The molecule has 1 aliphatic rings. The van der Waals surface area contributed by atoms with Gasteiger partial charge in [-0.3, -0.25) is 4.79 Å². The molecule has 1 aliphatic carbocycles. The van der Waals surface area contributed by atoms with Crippen molar-refractivity contribution in [3.63, 3.8) is 0 Å². The van der Waals surface area contributed by atoms with Crippen molar-refractivity contribution in [3.8, 4) is 0 Å². The highest BCUT2D eigenvalue weighted by atomic mass is 16.4. The summed E-state index contributed by atoms with van der Waals surface area (Å²) in [6, 6.07) is 0.226. The Labute approximate surface area is 102 Å². The number of nitrogens with zero attached hydrogens (tertiary/aromatic N) is 1. The van der Waals surface area contributed by atoms with Crippen molar-refractivity contribution in [1.82, 2.24) is 5.32 Å². The van der Waals surface area contributed by atoms with Crippen molar-refractivity contribution in [2.75, 3.05) is 0 Å². The Balaban J connectivity index is 2.43. The molecule has 0 spiro atoms. The highest BCUT2D eigenvalue weighted by molar-refractivity contribution is 6.01. The Kier molecular flexibility index (Phi) is 4.37. The van der Waals surface area contributed by atoms with Crippen molar-refractivity contribution in [2.45, 2.75) is 52.5 Å². The molecule has 0 saturated heterocycles. The Morgan fingerprint density at radius 2 is 2.00 bits per heavy atom. The van der Waals surface area contributed by atoms with Crippen molar-refractivity contribution in [2.24, 2.45) is 22.2 Å². The van der Waals surface area contributed by atoms with Crippen LogP contribution in [0.25, 0.3) is 0 Å². The summed E-state index contributed by atoms with van der Waals surface area (Å²) in [5.41, 5.74) is 5.79. The summed E-state index contributed by atoms with van der Waals surface area (Å²) in [4.78, 5) is 11.8. The fourth-order valence-electron chi connectivity index (χ4n) is 2.09. The number of hydrogen-bond acceptors (Lipinski definition) is 3. The van der Waals surface area contributed by atoms with Crippen molar-refractivity contribution in [1.29, 1.82) is 0 Å². The summed E-state index contributed by atoms with van der Waals surface area (Å²) in [7, 11) is 0. The highest BCUT2D eigenvalue weighted by Crippen LogP contribution is 2.34. The number of rotatable bonds is 3. The maximum Gasteiger partial charge on any atom is 0.230 e. The minimum absolute atomic E-state index is 0.0429. The van der Waals surface area contributed by atoms with Gasteiger partial charge in [0.05, 0.1) is 5.92 Å². The van der Waals surface area contributed by atoms with E-state index in [9.17, 15) is 4.79 Å². The van der Waals surface area contributed by atoms with Gasteiger partial charge in [-0.1, -0.05) is 19.0 Å². The van der Waals surface area contributed by atoms with Crippen molar-refractivity contribution < 1.29 is 10.0 Å². The van der Waals surface area contributed by atoms with Crippen LogP contribution >= 0.6 is 0 Å². The number of nitrogens with one attached hydrogen (secondary N) is 1. The predicted molar refractivity (Wildman–Crippen MR) is 66.8 cm³/mol. The molecule has 0 aromatic rings. The lowest BCUT2D eigenvalue weighted by atomic mass is 9.75. The number of oxime groups is 1. The van der Waals surface area contributed by atoms with E-state index in [1.807, 2.05) is 0 Å². The molecule has 5 heteroatoms. The average molecular weight is 241 g/mol. The molecule has 0 bridgehead atoms. The number of carbonyl (C=O) groups excluding carboxylic acids is 1. The standard InChI is InChI=1S/C12H23N3O2/c1-8(10(13)15-17)11(16)14-9-4-6-12(2,3)7-5-9/h8-9,17H,4-7H2,1-3H3,(H2,13,15)(H,14,16). The second-order valence-electron chi connectivity index (χ2n) is 5.69. The molecule has 98 valence electrons. The van der Waals surface area contributed by atoms with Crippen LogP contribution in [0, 0.1) is 11.3 Å². The molecule has 1 rings (SSSR count). The topological polar surface area (TPSA) is 87.7 Å². The highest BCUT2D eigenvalue weighted by Gasteiger charge is 2.29. The van der Waals surface area contributed by atoms with Crippen LogP contribution in [-0.4, -0.2) is 23.0 Å². The van der Waals surface area contributed by atoms with Crippen LogP contribution < -0.4 is 11.1 Å². The van der Waals surface area contributed by atoms with Gasteiger partial charge in [0.25, 0.3) is 0 Å². The third kappa shape index (κ3) is 3.91. The quantitative estimate of drug-likeness (QED) is 0.302. The Bertz CT molecular complexity index is 303. The summed E-state index contributed by atoms with van der Waals surface area (Å²) >= 11 is 0. The Morgan fingerprint density at radius 3 is 2.47 bits per heavy atom. The predicted octanol–water partition coefficient (Wildman–Crippen LogP) is 1.45. The zero-order valence-corrected chi connectivity index (χ0v) is 10.9. The van der Waals surface area contributed by atoms with Gasteiger partial charge in [0, 0.05) is 6.04 Å². The maximum absolute atomic E-state index is 11.8. The fourth-order valence-corrected chi connectivity index (χ4v) is 2.09. The first-order chi connectivity index (χ1) is 7.85. The zero-order valence-electron chi connectivity index (χ0n) is 10.9. The molecule has 0 aromatic heterocycles. The molecule has 1 amide bonds. The first-order valence-corrected chi connectivity index (χ1v) is 6.13. The van der Waals surface area contributed by atoms with E-state index in [0.717, 1.165) is 25.7 Å². The number of hydrogen-bond donors (Lipinski definition) is 3. The Morgan fingerprint density at radius 1 is 1.47 bits per heavy atom. The van der Waals surface area contributed by atoms with Crippen LogP contribution in [0.4, 0.5) is 0 Å². The normalized spacial score (nSPS) is 23.1.